The number of aromatic amines is 1. The van der Waals surface area contributed by atoms with Crippen molar-refractivity contribution in [3.63, 3.8) is 0 Å². The molecule has 0 aliphatic heterocycles. The Labute approximate surface area is 114 Å². The maximum atomic E-state index is 4.49. The molecule has 1 fully saturated rings. The van der Waals surface area contributed by atoms with Gasteiger partial charge in [-0.15, -0.1) is 0 Å². The van der Waals surface area contributed by atoms with Crippen LogP contribution in [0, 0.1) is 13.8 Å². The van der Waals surface area contributed by atoms with Crippen LogP contribution in [0.2, 0.25) is 0 Å². The van der Waals surface area contributed by atoms with E-state index in [1.165, 1.54) is 29.5 Å². The number of nitrogens with zero attached hydrogens (tertiary/aromatic N) is 1. The number of rotatable bonds is 5. The van der Waals surface area contributed by atoms with Gasteiger partial charge >= 0.3 is 0 Å². The zero-order chi connectivity index (χ0) is 13.2. The molecule has 1 saturated carbocycles. The molecule has 0 spiro atoms. The summed E-state index contributed by atoms with van der Waals surface area (Å²) in [5.74, 6) is 1.07. The van der Waals surface area contributed by atoms with E-state index in [4.69, 9.17) is 0 Å². The van der Waals surface area contributed by atoms with Crippen LogP contribution in [0.1, 0.15) is 29.8 Å². The van der Waals surface area contributed by atoms with Crippen LogP contribution in [-0.2, 0) is 6.42 Å². The molecule has 1 aliphatic rings. The largest absolute Gasteiger partial charge is 0.342 e. The van der Waals surface area contributed by atoms with Gasteiger partial charge in [-0.25, -0.2) is 4.98 Å². The van der Waals surface area contributed by atoms with Gasteiger partial charge in [-0.3, -0.25) is 0 Å². The first kappa shape index (κ1) is 12.4. The van der Waals surface area contributed by atoms with Crippen LogP contribution < -0.4 is 5.32 Å². The predicted molar refractivity (Wildman–Crippen MR) is 78.2 cm³/mol. The number of nitrogens with one attached hydrogen (secondary N) is 2. The van der Waals surface area contributed by atoms with Gasteiger partial charge in [-0.2, -0.15) is 0 Å². The Morgan fingerprint density at radius 1 is 1.32 bits per heavy atom. The average Bonchev–Trinajstić information content (AvgIpc) is 3.10. The van der Waals surface area contributed by atoms with E-state index in [1.54, 1.807) is 0 Å². The third-order valence-electron chi connectivity index (χ3n) is 3.68. The lowest BCUT2D eigenvalue weighted by atomic mass is 10.0. The Bertz CT molecular complexity index is 567. The molecule has 100 valence electrons. The van der Waals surface area contributed by atoms with Gasteiger partial charge in [-0.05, 0) is 38.3 Å². The van der Waals surface area contributed by atoms with E-state index in [9.17, 15) is 0 Å². The van der Waals surface area contributed by atoms with Crippen molar-refractivity contribution in [1.29, 1.82) is 0 Å². The van der Waals surface area contributed by atoms with Crippen LogP contribution >= 0.6 is 0 Å². The summed E-state index contributed by atoms with van der Waals surface area (Å²) in [4.78, 5) is 7.93. The molecular formula is C16H21N3. The highest BCUT2D eigenvalue weighted by molar-refractivity contribution is 5.63. The fourth-order valence-electron chi connectivity index (χ4n) is 2.33. The summed E-state index contributed by atoms with van der Waals surface area (Å²) in [5, 5.41) is 3.51. The molecule has 0 amide bonds. The smallest absolute Gasteiger partial charge is 0.107 e. The van der Waals surface area contributed by atoms with Gasteiger partial charge in [0.1, 0.15) is 5.82 Å². The fourth-order valence-corrected chi connectivity index (χ4v) is 2.33. The van der Waals surface area contributed by atoms with E-state index in [0.29, 0.717) is 0 Å². The van der Waals surface area contributed by atoms with Crippen molar-refractivity contribution in [2.75, 3.05) is 6.54 Å². The Balaban J connectivity index is 1.70. The third kappa shape index (κ3) is 3.04. The number of H-pyrrole nitrogens is 1. The van der Waals surface area contributed by atoms with Crippen LogP contribution in [0.25, 0.3) is 11.3 Å². The Hall–Kier alpha value is -1.61. The summed E-state index contributed by atoms with van der Waals surface area (Å²) in [6, 6.07) is 7.30. The number of hydrogen-bond donors (Lipinski definition) is 2. The van der Waals surface area contributed by atoms with E-state index in [-0.39, 0.29) is 0 Å². The third-order valence-corrected chi connectivity index (χ3v) is 3.68. The maximum absolute atomic E-state index is 4.49. The predicted octanol–water partition coefficient (Wildman–Crippen LogP) is 2.99. The van der Waals surface area contributed by atoms with E-state index < -0.39 is 0 Å². The quantitative estimate of drug-likeness (QED) is 0.862. The molecule has 2 aromatic rings. The SMILES string of the molecule is Cc1ccc(C)c(-c2cnc(CCNC3CC3)[nH]2)c1. The molecule has 3 heteroatoms. The minimum atomic E-state index is 0.772. The van der Waals surface area contributed by atoms with Crippen molar-refractivity contribution in [3.05, 3.63) is 41.3 Å². The van der Waals surface area contributed by atoms with E-state index in [2.05, 4.69) is 47.3 Å². The molecule has 1 aromatic carbocycles. The maximum Gasteiger partial charge on any atom is 0.107 e. The van der Waals surface area contributed by atoms with Crippen LogP contribution in [-0.4, -0.2) is 22.6 Å². The second-order valence-corrected chi connectivity index (χ2v) is 5.54. The first-order valence-electron chi connectivity index (χ1n) is 7.07. The molecule has 0 bridgehead atoms. The summed E-state index contributed by atoms with van der Waals surface area (Å²) >= 11 is 0. The van der Waals surface area contributed by atoms with Crippen LogP contribution in [0.4, 0.5) is 0 Å². The van der Waals surface area contributed by atoms with E-state index in [1.807, 2.05) is 6.20 Å². The molecule has 0 radical (unpaired) electrons. The zero-order valence-electron chi connectivity index (χ0n) is 11.7. The molecule has 3 rings (SSSR count). The van der Waals surface area contributed by atoms with E-state index in [0.717, 1.165) is 30.5 Å². The second-order valence-electron chi connectivity index (χ2n) is 5.54. The lowest BCUT2D eigenvalue weighted by Gasteiger charge is -2.04. The molecule has 0 unspecified atom stereocenters. The molecule has 2 N–H and O–H groups in total. The summed E-state index contributed by atoms with van der Waals surface area (Å²) < 4.78 is 0. The molecule has 1 heterocycles. The molecule has 3 nitrogen and oxygen atoms in total. The monoisotopic (exact) mass is 255 g/mol. The molecular weight excluding hydrogens is 234 g/mol. The van der Waals surface area contributed by atoms with Crippen molar-refractivity contribution in [1.82, 2.24) is 15.3 Å². The van der Waals surface area contributed by atoms with Gasteiger partial charge in [-0.1, -0.05) is 17.7 Å². The summed E-state index contributed by atoms with van der Waals surface area (Å²) in [5.41, 5.74) is 4.96. The lowest BCUT2D eigenvalue weighted by molar-refractivity contribution is 0.669. The number of hydrogen-bond acceptors (Lipinski definition) is 2. The van der Waals surface area contributed by atoms with Gasteiger partial charge in [0.15, 0.2) is 0 Å². The van der Waals surface area contributed by atoms with Crippen molar-refractivity contribution >= 4 is 0 Å². The lowest BCUT2D eigenvalue weighted by Crippen LogP contribution is -2.19. The van der Waals surface area contributed by atoms with Crippen LogP contribution in [0.5, 0.6) is 0 Å². The highest BCUT2D eigenvalue weighted by Crippen LogP contribution is 2.23. The fraction of sp³-hybridized carbons (Fsp3) is 0.438. The van der Waals surface area contributed by atoms with Crippen molar-refractivity contribution < 1.29 is 0 Å². The van der Waals surface area contributed by atoms with Crippen molar-refractivity contribution in [2.45, 2.75) is 39.2 Å². The first-order chi connectivity index (χ1) is 9.22. The van der Waals surface area contributed by atoms with Gasteiger partial charge in [0, 0.05) is 24.6 Å². The topological polar surface area (TPSA) is 40.7 Å². The summed E-state index contributed by atoms with van der Waals surface area (Å²) in [6.45, 7) is 5.29. The van der Waals surface area contributed by atoms with Crippen LogP contribution in [0.15, 0.2) is 24.4 Å². The summed E-state index contributed by atoms with van der Waals surface area (Å²) in [7, 11) is 0. The Morgan fingerprint density at radius 2 is 2.16 bits per heavy atom. The van der Waals surface area contributed by atoms with Gasteiger partial charge in [0.05, 0.1) is 11.9 Å². The minimum absolute atomic E-state index is 0.772. The normalized spacial score (nSPS) is 14.8. The highest BCUT2D eigenvalue weighted by Gasteiger charge is 2.19. The van der Waals surface area contributed by atoms with Crippen molar-refractivity contribution in [3.8, 4) is 11.3 Å². The summed E-state index contributed by atoms with van der Waals surface area (Å²) in [6.07, 6.45) is 5.60. The van der Waals surface area contributed by atoms with Gasteiger partial charge in [0.2, 0.25) is 0 Å². The average molecular weight is 255 g/mol. The van der Waals surface area contributed by atoms with E-state index >= 15 is 0 Å². The Morgan fingerprint density at radius 3 is 2.95 bits per heavy atom. The number of imidazole rings is 1. The molecule has 1 aromatic heterocycles. The number of aromatic nitrogens is 2. The van der Waals surface area contributed by atoms with Crippen LogP contribution in [0.3, 0.4) is 0 Å². The zero-order valence-corrected chi connectivity index (χ0v) is 11.7. The second kappa shape index (κ2) is 5.17. The number of benzene rings is 1. The molecule has 0 atom stereocenters. The Kier molecular flexibility index (Phi) is 3.38. The van der Waals surface area contributed by atoms with Gasteiger partial charge in [0.25, 0.3) is 0 Å². The number of aryl methyl sites for hydroxylation is 2. The van der Waals surface area contributed by atoms with Gasteiger partial charge < -0.3 is 10.3 Å². The van der Waals surface area contributed by atoms with Crippen molar-refractivity contribution in [2.24, 2.45) is 0 Å². The highest BCUT2D eigenvalue weighted by atomic mass is 15.0. The first-order valence-corrected chi connectivity index (χ1v) is 7.07. The molecule has 1 aliphatic carbocycles. The molecule has 0 saturated heterocycles. The minimum Gasteiger partial charge on any atom is -0.342 e. The molecule has 19 heavy (non-hydrogen) atoms. The standard InChI is InChI=1S/C16H21N3/c1-11-3-4-12(2)14(9-11)15-10-18-16(19-15)7-8-17-13-5-6-13/h3-4,9-10,13,17H,5-8H2,1-2H3,(H,18,19).